The van der Waals surface area contributed by atoms with Crippen LogP contribution in [0.4, 0.5) is 0 Å². The van der Waals surface area contributed by atoms with E-state index in [1.165, 1.54) is 45.2 Å². The zero-order valence-electron chi connectivity index (χ0n) is 10.2. The molecule has 0 radical (unpaired) electrons. The summed E-state index contributed by atoms with van der Waals surface area (Å²) in [5.74, 6) is 0. The van der Waals surface area contributed by atoms with Crippen LogP contribution in [-0.4, -0.2) is 55.1 Å². The fourth-order valence-corrected chi connectivity index (χ4v) is 3.20. The second-order valence-corrected chi connectivity index (χ2v) is 5.51. The number of hydrogen-bond acceptors (Lipinski definition) is 3. The molecule has 0 aromatic heterocycles. The first kappa shape index (κ1) is 11.4. The molecule has 0 aliphatic carbocycles. The molecule has 0 spiro atoms. The Morgan fingerprint density at radius 3 is 2.33 bits per heavy atom. The third-order valence-electron chi connectivity index (χ3n) is 3.97. The van der Waals surface area contributed by atoms with E-state index in [1.54, 1.807) is 0 Å². The fraction of sp³-hybridized carbons (Fsp3) is 1.00. The molecule has 2 unspecified atom stereocenters. The number of hydrogen-bond donors (Lipinski definition) is 1. The minimum absolute atomic E-state index is 0.468. The Morgan fingerprint density at radius 2 is 1.80 bits per heavy atom. The van der Waals surface area contributed by atoms with Gasteiger partial charge in [-0.2, -0.15) is 0 Å². The molecule has 2 atom stereocenters. The lowest BCUT2D eigenvalue weighted by Gasteiger charge is -2.48. The summed E-state index contributed by atoms with van der Waals surface area (Å²) in [6.45, 7) is 2.41. The van der Waals surface area contributed by atoms with Gasteiger partial charge in [-0.05, 0) is 39.8 Å². The van der Waals surface area contributed by atoms with Gasteiger partial charge in [-0.3, -0.25) is 4.90 Å². The Labute approximate surface area is 93.6 Å². The van der Waals surface area contributed by atoms with E-state index in [2.05, 4.69) is 23.9 Å². The first-order valence-electron chi connectivity index (χ1n) is 6.33. The van der Waals surface area contributed by atoms with E-state index < -0.39 is 0 Å². The highest BCUT2D eigenvalue weighted by atomic mass is 15.2. The summed E-state index contributed by atoms with van der Waals surface area (Å²) in [5, 5.41) is 0. The van der Waals surface area contributed by atoms with Crippen molar-refractivity contribution in [1.82, 2.24) is 9.80 Å². The predicted molar refractivity (Wildman–Crippen MR) is 63.9 cm³/mol. The summed E-state index contributed by atoms with van der Waals surface area (Å²) in [4.78, 5) is 5.01. The lowest BCUT2D eigenvalue weighted by molar-refractivity contribution is 0.0271. The van der Waals surface area contributed by atoms with E-state index in [9.17, 15) is 0 Å². The molecule has 0 aromatic rings. The van der Waals surface area contributed by atoms with Crippen LogP contribution in [0.1, 0.15) is 32.1 Å². The van der Waals surface area contributed by atoms with Crippen LogP contribution in [-0.2, 0) is 0 Å². The molecule has 0 saturated carbocycles. The number of fused-ring (bicyclic) bond motifs is 2. The lowest BCUT2D eigenvalue weighted by Crippen LogP contribution is -2.56. The van der Waals surface area contributed by atoms with Crippen LogP contribution in [0.5, 0.6) is 0 Å². The van der Waals surface area contributed by atoms with Crippen LogP contribution >= 0.6 is 0 Å². The Hall–Kier alpha value is -0.120. The molecule has 0 aromatic carbocycles. The molecule has 3 nitrogen and oxygen atoms in total. The van der Waals surface area contributed by atoms with Gasteiger partial charge >= 0.3 is 0 Å². The van der Waals surface area contributed by atoms with Gasteiger partial charge in [-0.1, -0.05) is 6.42 Å². The molecule has 2 bridgehead atoms. The van der Waals surface area contributed by atoms with E-state index in [-0.39, 0.29) is 0 Å². The topological polar surface area (TPSA) is 32.5 Å². The molecule has 2 fully saturated rings. The third kappa shape index (κ3) is 2.71. The first-order chi connectivity index (χ1) is 7.16. The summed E-state index contributed by atoms with van der Waals surface area (Å²) in [6.07, 6.45) is 6.61. The van der Waals surface area contributed by atoms with Crippen LogP contribution < -0.4 is 5.73 Å². The molecule has 2 saturated heterocycles. The van der Waals surface area contributed by atoms with E-state index in [0.717, 1.165) is 12.1 Å². The van der Waals surface area contributed by atoms with Crippen molar-refractivity contribution in [3.8, 4) is 0 Å². The van der Waals surface area contributed by atoms with Gasteiger partial charge in [0.25, 0.3) is 0 Å². The largest absolute Gasteiger partial charge is 0.328 e. The summed E-state index contributed by atoms with van der Waals surface area (Å²) in [7, 11) is 4.32. The SMILES string of the molecule is CN(C)CCN1C2CCCC1CC(N)C2. The van der Waals surface area contributed by atoms with Gasteiger partial charge in [0, 0.05) is 31.2 Å². The summed E-state index contributed by atoms with van der Waals surface area (Å²) >= 11 is 0. The normalized spacial score (nSPS) is 37.2. The van der Waals surface area contributed by atoms with E-state index in [0.29, 0.717) is 6.04 Å². The molecular formula is C12H25N3. The van der Waals surface area contributed by atoms with E-state index >= 15 is 0 Å². The van der Waals surface area contributed by atoms with Gasteiger partial charge in [0.05, 0.1) is 0 Å². The zero-order valence-corrected chi connectivity index (χ0v) is 10.2. The van der Waals surface area contributed by atoms with E-state index in [1.807, 2.05) is 0 Å². The molecule has 2 heterocycles. The molecule has 15 heavy (non-hydrogen) atoms. The Bertz CT molecular complexity index is 191. The minimum Gasteiger partial charge on any atom is -0.328 e. The Kier molecular flexibility index (Phi) is 3.65. The van der Waals surface area contributed by atoms with Crippen molar-refractivity contribution in [3.05, 3.63) is 0 Å². The van der Waals surface area contributed by atoms with Crippen molar-refractivity contribution in [2.45, 2.75) is 50.2 Å². The van der Waals surface area contributed by atoms with Crippen molar-refractivity contribution < 1.29 is 0 Å². The average molecular weight is 211 g/mol. The number of nitrogens with two attached hydrogens (primary N) is 1. The van der Waals surface area contributed by atoms with Crippen LogP contribution in [0.2, 0.25) is 0 Å². The van der Waals surface area contributed by atoms with Gasteiger partial charge in [0.15, 0.2) is 0 Å². The predicted octanol–water partition coefficient (Wildman–Crippen LogP) is 0.892. The van der Waals surface area contributed by atoms with Gasteiger partial charge in [-0.15, -0.1) is 0 Å². The molecule has 2 N–H and O–H groups in total. The van der Waals surface area contributed by atoms with Crippen LogP contribution in [0.25, 0.3) is 0 Å². The summed E-state index contributed by atoms with van der Waals surface area (Å²) in [6, 6.07) is 2.04. The molecule has 2 aliphatic heterocycles. The molecule has 0 amide bonds. The second-order valence-electron chi connectivity index (χ2n) is 5.51. The number of rotatable bonds is 3. The maximum Gasteiger partial charge on any atom is 0.0115 e. The van der Waals surface area contributed by atoms with Crippen LogP contribution in [0, 0.1) is 0 Å². The highest BCUT2D eigenvalue weighted by Crippen LogP contribution is 2.32. The first-order valence-corrected chi connectivity index (χ1v) is 6.33. The van der Waals surface area contributed by atoms with Crippen molar-refractivity contribution in [1.29, 1.82) is 0 Å². The Balaban J connectivity index is 1.92. The quantitative estimate of drug-likeness (QED) is 0.752. The molecule has 88 valence electrons. The number of likely N-dealkylation sites (N-methyl/N-ethyl adjacent to an activating group) is 1. The Morgan fingerprint density at radius 1 is 1.20 bits per heavy atom. The minimum atomic E-state index is 0.468. The van der Waals surface area contributed by atoms with Crippen molar-refractivity contribution in [2.24, 2.45) is 5.73 Å². The fourth-order valence-electron chi connectivity index (χ4n) is 3.20. The van der Waals surface area contributed by atoms with Crippen molar-refractivity contribution >= 4 is 0 Å². The smallest absolute Gasteiger partial charge is 0.0115 e. The second kappa shape index (κ2) is 4.81. The third-order valence-corrected chi connectivity index (χ3v) is 3.97. The van der Waals surface area contributed by atoms with E-state index in [4.69, 9.17) is 5.73 Å². The monoisotopic (exact) mass is 211 g/mol. The van der Waals surface area contributed by atoms with Crippen molar-refractivity contribution in [3.63, 3.8) is 0 Å². The van der Waals surface area contributed by atoms with Crippen LogP contribution in [0.15, 0.2) is 0 Å². The van der Waals surface area contributed by atoms with Gasteiger partial charge in [0.1, 0.15) is 0 Å². The number of piperidine rings is 2. The molecule has 3 heteroatoms. The standard InChI is InChI=1S/C12H25N3/c1-14(2)6-7-15-11-4-3-5-12(15)9-10(13)8-11/h10-12H,3-9,13H2,1-2H3. The van der Waals surface area contributed by atoms with Crippen molar-refractivity contribution in [2.75, 3.05) is 27.2 Å². The number of nitrogens with zero attached hydrogens (tertiary/aromatic N) is 2. The maximum absolute atomic E-state index is 6.11. The van der Waals surface area contributed by atoms with Gasteiger partial charge in [0.2, 0.25) is 0 Å². The highest BCUT2D eigenvalue weighted by molar-refractivity contribution is 4.93. The molecule has 2 rings (SSSR count). The summed E-state index contributed by atoms with van der Waals surface area (Å²) < 4.78 is 0. The van der Waals surface area contributed by atoms with Gasteiger partial charge < -0.3 is 10.6 Å². The van der Waals surface area contributed by atoms with Gasteiger partial charge in [-0.25, -0.2) is 0 Å². The molecule has 2 aliphatic rings. The average Bonchev–Trinajstić information content (AvgIpc) is 2.14. The maximum atomic E-state index is 6.11. The lowest BCUT2D eigenvalue weighted by atomic mass is 9.82. The highest BCUT2D eigenvalue weighted by Gasteiger charge is 2.36. The van der Waals surface area contributed by atoms with Crippen LogP contribution in [0.3, 0.4) is 0 Å². The molecular weight excluding hydrogens is 186 g/mol. The summed E-state index contributed by atoms with van der Waals surface area (Å²) in [5.41, 5.74) is 6.11. The zero-order chi connectivity index (χ0) is 10.8.